The summed E-state index contributed by atoms with van der Waals surface area (Å²) in [4.78, 5) is 10.6. The van der Waals surface area contributed by atoms with Crippen LogP contribution in [-0.4, -0.2) is 11.1 Å². The van der Waals surface area contributed by atoms with Crippen LogP contribution >= 0.6 is 0 Å². The van der Waals surface area contributed by atoms with E-state index in [0.29, 0.717) is 18.2 Å². The molecule has 0 aliphatic heterocycles. The van der Waals surface area contributed by atoms with E-state index in [1.165, 1.54) is 0 Å². The van der Waals surface area contributed by atoms with Crippen LogP contribution in [0.5, 0.6) is 11.5 Å². The summed E-state index contributed by atoms with van der Waals surface area (Å²) >= 11 is 0. The van der Waals surface area contributed by atoms with E-state index in [0.717, 1.165) is 12.1 Å². The van der Waals surface area contributed by atoms with Gasteiger partial charge in [0.1, 0.15) is 5.75 Å². The first-order valence-electron chi connectivity index (χ1n) is 5.23. The van der Waals surface area contributed by atoms with Crippen molar-refractivity contribution in [1.29, 1.82) is 0 Å². The molecule has 0 aliphatic carbocycles. The second-order valence-corrected chi connectivity index (χ2v) is 3.75. The summed E-state index contributed by atoms with van der Waals surface area (Å²) < 4.78 is 57.5. The minimum Gasteiger partial charge on any atom is -0.478 e. The van der Waals surface area contributed by atoms with Gasteiger partial charge in [0.15, 0.2) is 29.0 Å². The Bertz CT molecular complexity index is 662. The van der Waals surface area contributed by atoms with Crippen molar-refractivity contribution < 1.29 is 32.2 Å². The van der Waals surface area contributed by atoms with Crippen LogP contribution in [0.3, 0.4) is 0 Å². The molecular weight excluding hydrogens is 280 g/mol. The average Bonchev–Trinajstić information content (AvgIpc) is 2.37. The van der Waals surface area contributed by atoms with Crippen LogP contribution in [0.2, 0.25) is 0 Å². The summed E-state index contributed by atoms with van der Waals surface area (Å²) in [6.07, 6.45) is 0. The van der Waals surface area contributed by atoms with Gasteiger partial charge in [0.25, 0.3) is 0 Å². The van der Waals surface area contributed by atoms with E-state index in [4.69, 9.17) is 9.84 Å². The standard InChI is InChI=1S/C13H6F4O3/c14-8-2-1-7(5-9(8)15)20-12-10(16)3-6(13(18)19)4-11(12)17/h1-5H,(H,18,19). The van der Waals surface area contributed by atoms with Crippen LogP contribution in [0.15, 0.2) is 30.3 Å². The molecule has 0 aromatic heterocycles. The monoisotopic (exact) mass is 286 g/mol. The minimum atomic E-state index is -1.51. The van der Waals surface area contributed by atoms with E-state index >= 15 is 0 Å². The summed E-state index contributed by atoms with van der Waals surface area (Å²) in [5, 5.41) is 8.62. The molecule has 0 saturated carbocycles. The molecule has 0 unspecified atom stereocenters. The lowest BCUT2D eigenvalue weighted by Gasteiger charge is -2.09. The van der Waals surface area contributed by atoms with E-state index in [-0.39, 0.29) is 5.75 Å². The van der Waals surface area contributed by atoms with E-state index in [1.54, 1.807) is 0 Å². The fourth-order valence-electron chi connectivity index (χ4n) is 1.44. The van der Waals surface area contributed by atoms with E-state index in [2.05, 4.69) is 0 Å². The molecule has 2 rings (SSSR count). The molecule has 2 aromatic rings. The molecule has 0 aliphatic rings. The van der Waals surface area contributed by atoms with Crippen molar-refractivity contribution in [3.8, 4) is 11.5 Å². The fraction of sp³-hybridized carbons (Fsp3) is 0. The van der Waals surface area contributed by atoms with Crippen LogP contribution in [0, 0.1) is 23.3 Å². The SMILES string of the molecule is O=C(O)c1cc(F)c(Oc2ccc(F)c(F)c2)c(F)c1. The highest BCUT2D eigenvalue weighted by Gasteiger charge is 2.17. The molecule has 0 amide bonds. The van der Waals surface area contributed by atoms with Gasteiger partial charge in [-0.15, -0.1) is 0 Å². The van der Waals surface area contributed by atoms with Gasteiger partial charge in [-0.3, -0.25) is 0 Å². The predicted octanol–water partition coefficient (Wildman–Crippen LogP) is 3.73. The number of aromatic carboxylic acids is 1. The summed E-state index contributed by atoms with van der Waals surface area (Å²) in [6, 6.07) is 3.43. The van der Waals surface area contributed by atoms with Gasteiger partial charge in [0.2, 0.25) is 0 Å². The topological polar surface area (TPSA) is 46.5 Å². The van der Waals surface area contributed by atoms with Crippen LogP contribution in [0.25, 0.3) is 0 Å². The fourth-order valence-corrected chi connectivity index (χ4v) is 1.44. The van der Waals surface area contributed by atoms with Crippen LogP contribution in [0.1, 0.15) is 10.4 Å². The molecule has 0 saturated heterocycles. The van der Waals surface area contributed by atoms with E-state index in [9.17, 15) is 22.4 Å². The maximum atomic E-state index is 13.5. The summed E-state index contributed by atoms with van der Waals surface area (Å²) in [5.74, 6) is -7.67. The minimum absolute atomic E-state index is 0.329. The number of carbonyl (C=O) groups is 1. The number of carboxylic acids is 1. The van der Waals surface area contributed by atoms with Crippen molar-refractivity contribution in [1.82, 2.24) is 0 Å². The zero-order valence-corrected chi connectivity index (χ0v) is 9.66. The Kier molecular flexibility index (Phi) is 3.60. The largest absolute Gasteiger partial charge is 0.478 e. The van der Waals surface area contributed by atoms with Gasteiger partial charge in [0.05, 0.1) is 5.56 Å². The highest BCUT2D eigenvalue weighted by atomic mass is 19.2. The zero-order valence-electron chi connectivity index (χ0n) is 9.66. The lowest BCUT2D eigenvalue weighted by atomic mass is 10.2. The molecule has 0 atom stereocenters. The highest BCUT2D eigenvalue weighted by molar-refractivity contribution is 5.87. The highest BCUT2D eigenvalue weighted by Crippen LogP contribution is 2.29. The molecule has 1 N–H and O–H groups in total. The van der Waals surface area contributed by atoms with Crippen LogP contribution in [0.4, 0.5) is 17.6 Å². The first-order chi connectivity index (χ1) is 9.38. The van der Waals surface area contributed by atoms with Gasteiger partial charge in [-0.25, -0.2) is 22.4 Å². The van der Waals surface area contributed by atoms with Gasteiger partial charge < -0.3 is 9.84 Å². The number of halogens is 4. The number of ether oxygens (including phenoxy) is 1. The Balaban J connectivity index is 2.38. The van der Waals surface area contributed by atoms with Crippen LogP contribution in [-0.2, 0) is 0 Å². The van der Waals surface area contributed by atoms with Gasteiger partial charge in [-0.05, 0) is 24.3 Å². The van der Waals surface area contributed by atoms with E-state index in [1.807, 2.05) is 0 Å². The number of hydrogen-bond donors (Lipinski definition) is 1. The lowest BCUT2D eigenvalue weighted by Crippen LogP contribution is -2.01. The summed E-state index contributed by atoms with van der Waals surface area (Å²) in [6.45, 7) is 0. The second-order valence-electron chi connectivity index (χ2n) is 3.75. The third-order valence-electron chi connectivity index (χ3n) is 2.36. The second kappa shape index (κ2) is 5.20. The number of hydrogen-bond acceptors (Lipinski definition) is 2. The molecule has 3 nitrogen and oxygen atoms in total. The van der Waals surface area contributed by atoms with Crippen molar-refractivity contribution in [2.24, 2.45) is 0 Å². The van der Waals surface area contributed by atoms with Gasteiger partial charge in [-0.1, -0.05) is 0 Å². The number of rotatable bonds is 3. The smallest absolute Gasteiger partial charge is 0.335 e. The first kappa shape index (κ1) is 13.9. The molecular formula is C13H6F4O3. The maximum absolute atomic E-state index is 13.5. The molecule has 0 fully saturated rings. The van der Waals surface area contributed by atoms with Gasteiger partial charge >= 0.3 is 5.97 Å². The number of benzene rings is 2. The third kappa shape index (κ3) is 2.71. The quantitative estimate of drug-likeness (QED) is 0.874. The molecule has 2 aromatic carbocycles. The summed E-state index contributed by atoms with van der Waals surface area (Å²) in [5.41, 5.74) is -0.599. The summed E-state index contributed by atoms with van der Waals surface area (Å²) in [7, 11) is 0. The zero-order chi connectivity index (χ0) is 14.9. The Morgan fingerprint density at radius 1 is 0.900 bits per heavy atom. The Hall–Kier alpha value is -2.57. The first-order valence-corrected chi connectivity index (χ1v) is 5.23. The van der Waals surface area contributed by atoms with Crippen molar-refractivity contribution in [3.05, 3.63) is 59.2 Å². The number of carboxylic acid groups (broad SMARTS) is 1. The Morgan fingerprint density at radius 3 is 2.00 bits per heavy atom. The molecule has 0 bridgehead atoms. The Labute approximate surface area is 110 Å². The van der Waals surface area contributed by atoms with Crippen LogP contribution < -0.4 is 4.74 Å². The van der Waals surface area contributed by atoms with Crippen molar-refractivity contribution >= 4 is 5.97 Å². The van der Waals surface area contributed by atoms with Crippen molar-refractivity contribution in [2.75, 3.05) is 0 Å². The molecule has 0 spiro atoms. The van der Waals surface area contributed by atoms with Crippen molar-refractivity contribution in [2.45, 2.75) is 0 Å². The normalized spacial score (nSPS) is 10.4. The average molecular weight is 286 g/mol. The Morgan fingerprint density at radius 2 is 1.50 bits per heavy atom. The molecule has 0 heterocycles. The van der Waals surface area contributed by atoms with E-state index < -0.39 is 40.6 Å². The lowest BCUT2D eigenvalue weighted by molar-refractivity contribution is 0.0695. The molecule has 20 heavy (non-hydrogen) atoms. The van der Waals surface area contributed by atoms with Gasteiger partial charge in [0, 0.05) is 6.07 Å². The molecule has 0 radical (unpaired) electrons. The predicted molar refractivity (Wildman–Crippen MR) is 59.7 cm³/mol. The molecule has 7 heteroatoms. The van der Waals surface area contributed by atoms with Gasteiger partial charge in [-0.2, -0.15) is 0 Å². The molecule has 104 valence electrons. The third-order valence-corrected chi connectivity index (χ3v) is 2.36. The maximum Gasteiger partial charge on any atom is 0.335 e. The van der Waals surface area contributed by atoms with Crippen molar-refractivity contribution in [3.63, 3.8) is 0 Å².